The second kappa shape index (κ2) is 10.7. The Morgan fingerprint density at radius 3 is 2.46 bits per heavy atom. The van der Waals surface area contributed by atoms with Gasteiger partial charge in [-0.25, -0.2) is 0 Å². The van der Waals surface area contributed by atoms with Gasteiger partial charge in [-0.3, -0.25) is 14.5 Å². The minimum absolute atomic E-state index is 0.0738. The van der Waals surface area contributed by atoms with E-state index < -0.39 is 0 Å². The number of pyridine rings is 1. The molecule has 3 aromatic rings. The Bertz CT molecular complexity index is 1440. The van der Waals surface area contributed by atoms with Crippen molar-refractivity contribution in [2.24, 2.45) is 5.92 Å². The maximum absolute atomic E-state index is 13.9. The van der Waals surface area contributed by atoms with Crippen LogP contribution in [-0.2, 0) is 17.9 Å². The molecule has 1 aromatic heterocycles. The molecule has 1 amide bonds. The van der Waals surface area contributed by atoms with Crippen LogP contribution in [-0.4, -0.2) is 39.9 Å². The zero-order valence-electron chi connectivity index (χ0n) is 21.4. The van der Waals surface area contributed by atoms with E-state index in [1.54, 1.807) is 22.7 Å². The molecule has 2 saturated heterocycles. The van der Waals surface area contributed by atoms with Crippen molar-refractivity contribution >= 4 is 56.9 Å². The van der Waals surface area contributed by atoms with E-state index >= 15 is 0 Å². The molecule has 2 fully saturated rings. The van der Waals surface area contributed by atoms with Crippen LogP contribution in [0.2, 0.25) is 0 Å². The Kier molecular flexibility index (Phi) is 7.40. The first-order valence-corrected chi connectivity index (χ1v) is 13.9. The lowest BCUT2D eigenvalue weighted by Crippen LogP contribution is -2.36. The summed E-state index contributed by atoms with van der Waals surface area (Å²) in [7, 11) is 1.62. The molecule has 2 aliphatic rings. The molecule has 0 saturated carbocycles. The van der Waals surface area contributed by atoms with Crippen molar-refractivity contribution < 1.29 is 9.53 Å². The Morgan fingerprint density at radius 1 is 1.08 bits per heavy atom. The van der Waals surface area contributed by atoms with Crippen LogP contribution < -0.4 is 15.2 Å². The van der Waals surface area contributed by atoms with E-state index in [1.807, 2.05) is 49.4 Å². The lowest BCUT2D eigenvalue weighted by Gasteiger charge is -2.34. The SMILES string of the molecule is CCn1c(=O)c(C=C2SC(=S)N(Cc3ccc(OC)cc3)C2=O)c(N2CCC(C)CC2)c2ccccc21. The molecule has 0 aliphatic carbocycles. The van der Waals surface area contributed by atoms with E-state index in [0.717, 1.165) is 53.8 Å². The maximum atomic E-state index is 13.9. The monoisotopic (exact) mass is 533 g/mol. The second-order valence-corrected chi connectivity index (χ2v) is 11.3. The first-order chi connectivity index (χ1) is 17.9. The number of rotatable bonds is 6. The number of fused-ring (bicyclic) bond motifs is 1. The summed E-state index contributed by atoms with van der Waals surface area (Å²) in [6.07, 6.45) is 3.94. The molecule has 2 aromatic carbocycles. The van der Waals surface area contributed by atoms with Gasteiger partial charge in [0.15, 0.2) is 0 Å². The number of ether oxygens (including phenoxy) is 1. The normalized spacial score (nSPS) is 17.9. The van der Waals surface area contributed by atoms with Gasteiger partial charge in [0.25, 0.3) is 11.5 Å². The van der Waals surface area contributed by atoms with Crippen LogP contribution in [0.3, 0.4) is 0 Å². The van der Waals surface area contributed by atoms with Crippen molar-refractivity contribution in [1.29, 1.82) is 0 Å². The van der Waals surface area contributed by atoms with Crippen LogP contribution in [0.1, 0.15) is 37.8 Å². The van der Waals surface area contributed by atoms with E-state index in [9.17, 15) is 9.59 Å². The Morgan fingerprint density at radius 2 is 1.78 bits per heavy atom. The zero-order valence-corrected chi connectivity index (χ0v) is 23.0. The molecule has 37 heavy (non-hydrogen) atoms. The fourth-order valence-electron chi connectivity index (χ4n) is 5.11. The van der Waals surface area contributed by atoms with Crippen molar-refractivity contribution in [3.05, 3.63) is 74.9 Å². The second-order valence-electron chi connectivity index (χ2n) is 9.61. The number of thioether (sulfide) groups is 1. The molecule has 0 unspecified atom stereocenters. The average Bonchev–Trinajstić information content (AvgIpc) is 3.17. The van der Waals surface area contributed by atoms with Crippen LogP contribution in [0, 0.1) is 5.92 Å². The lowest BCUT2D eigenvalue weighted by atomic mass is 9.97. The van der Waals surface area contributed by atoms with Crippen molar-refractivity contribution in [2.45, 2.75) is 39.8 Å². The number of carbonyl (C=O) groups is 1. The predicted molar refractivity (Wildman–Crippen MR) is 156 cm³/mol. The van der Waals surface area contributed by atoms with E-state index in [-0.39, 0.29) is 11.5 Å². The van der Waals surface area contributed by atoms with Crippen LogP contribution in [0.15, 0.2) is 58.2 Å². The number of carbonyl (C=O) groups excluding carboxylic acids is 1. The highest BCUT2D eigenvalue weighted by Crippen LogP contribution is 2.38. The van der Waals surface area contributed by atoms with Crippen molar-refractivity contribution in [3.63, 3.8) is 0 Å². The minimum Gasteiger partial charge on any atom is -0.497 e. The highest BCUT2D eigenvalue weighted by atomic mass is 32.2. The van der Waals surface area contributed by atoms with E-state index in [0.29, 0.717) is 33.8 Å². The van der Waals surface area contributed by atoms with E-state index in [1.165, 1.54) is 11.8 Å². The molecule has 0 atom stereocenters. The lowest BCUT2D eigenvalue weighted by molar-refractivity contribution is -0.122. The molecule has 5 rings (SSSR count). The highest BCUT2D eigenvalue weighted by molar-refractivity contribution is 8.26. The zero-order chi connectivity index (χ0) is 26.1. The number of methoxy groups -OCH3 is 1. The van der Waals surface area contributed by atoms with Crippen molar-refractivity contribution in [1.82, 2.24) is 9.47 Å². The number of para-hydroxylation sites is 1. The van der Waals surface area contributed by atoms with Crippen LogP contribution >= 0.6 is 24.0 Å². The average molecular weight is 534 g/mol. The molecule has 8 heteroatoms. The molecule has 0 bridgehead atoms. The number of amides is 1. The Labute approximate surface area is 226 Å². The maximum Gasteiger partial charge on any atom is 0.266 e. The molecular formula is C29H31N3O3S2. The molecular weight excluding hydrogens is 502 g/mol. The van der Waals surface area contributed by atoms with Crippen molar-refractivity contribution in [3.8, 4) is 5.75 Å². The number of anilines is 1. The fraction of sp³-hybridized carbons (Fsp3) is 0.345. The van der Waals surface area contributed by atoms with Gasteiger partial charge in [0, 0.05) is 25.0 Å². The number of benzene rings is 2. The highest BCUT2D eigenvalue weighted by Gasteiger charge is 2.33. The number of hydrogen-bond acceptors (Lipinski definition) is 6. The quantitative estimate of drug-likeness (QED) is 0.301. The van der Waals surface area contributed by atoms with Crippen LogP contribution in [0.25, 0.3) is 17.0 Å². The summed E-state index contributed by atoms with van der Waals surface area (Å²) in [6.45, 7) is 6.96. The third-order valence-electron chi connectivity index (χ3n) is 7.25. The molecule has 6 nitrogen and oxygen atoms in total. The first-order valence-electron chi connectivity index (χ1n) is 12.7. The van der Waals surface area contributed by atoms with Gasteiger partial charge in [-0.2, -0.15) is 0 Å². The van der Waals surface area contributed by atoms with E-state index in [2.05, 4.69) is 17.9 Å². The molecule has 2 aliphatic heterocycles. The molecule has 0 N–H and O–H groups in total. The van der Waals surface area contributed by atoms with Gasteiger partial charge in [-0.1, -0.05) is 61.2 Å². The number of nitrogens with zero attached hydrogens (tertiary/aromatic N) is 3. The van der Waals surface area contributed by atoms with Gasteiger partial charge in [0.2, 0.25) is 0 Å². The summed E-state index contributed by atoms with van der Waals surface area (Å²) in [5.74, 6) is 1.26. The van der Waals surface area contributed by atoms with Gasteiger partial charge in [0.05, 0.1) is 35.3 Å². The van der Waals surface area contributed by atoms with Gasteiger partial charge in [-0.15, -0.1) is 0 Å². The van der Waals surface area contributed by atoms with Gasteiger partial charge in [0.1, 0.15) is 10.1 Å². The summed E-state index contributed by atoms with van der Waals surface area (Å²) in [4.78, 5) is 31.8. The van der Waals surface area contributed by atoms with Gasteiger partial charge < -0.3 is 14.2 Å². The summed E-state index contributed by atoms with van der Waals surface area (Å²) < 4.78 is 7.54. The summed E-state index contributed by atoms with van der Waals surface area (Å²) in [5.41, 5.74) is 3.31. The van der Waals surface area contributed by atoms with Crippen LogP contribution in [0.5, 0.6) is 5.75 Å². The largest absolute Gasteiger partial charge is 0.497 e. The third-order valence-corrected chi connectivity index (χ3v) is 8.62. The number of hydrogen-bond donors (Lipinski definition) is 0. The Hall–Kier alpha value is -3.10. The fourth-order valence-corrected chi connectivity index (χ4v) is 6.35. The standard InChI is InChI=1S/C29H31N3O3S2/c1-4-31-24-8-6-5-7-22(24)26(30-15-13-19(2)14-16-30)23(27(31)33)17-25-28(34)32(29(36)37-25)18-20-9-11-21(35-3)12-10-20/h5-12,17,19H,4,13-16,18H2,1-3H3. The topological polar surface area (TPSA) is 54.8 Å². The number of aromatic nitrogens is 1. The first kappa shape index (κ1) is 25.5. The van der Waals surface area contributed by atoms with Crippen molar-refractivity contribution in [2.75, 3.05) is 25.1 Å². The van der Waals surface area contributed by atoms with Gasteiger partial charge >= 0.3 is 0 Å². The summed E-state index contributed by atoms with van der Waals surface area (Å²) >= 11 is 6.86. The molecule has 3 heterocycles. The molecule has 0 radical (unpaired) electrons. The summed E-state index contributed by atoms with van der Waals surface area (Å²) in [6, 6.07) is 15.7. The molecule has 192 valence electrons. The van der Waals surface area contributed by atoms with E-state index in [4.69, 9.17) is 17.0 Å². The van der Waals surface area contributed by atoms with Crippen LogP contribution in [0.4, 0.5) is 5.69 Å². The molecule has 0 spiro atoms. The minimum atomic E-state index is -0.167. The summed E-state index contributed by atoms with van der Waals surface area (Å²) in [5, 5.41) is 1.04. The van der Waals surface area contributed by atoms with Gasteiger partial charge in [-0.05, 0) is 55.5 Å². The Balaban J connectivity index is 1.58. The predicted octanol–water partition coefficient (Wildman–Crippen LogP) is 5.67. The smallest absolute Gasteiger partial charge is 0.266 e. The third kappa shape index (κ3) is 4.92. The number of thiocarbonyl (C=S) groups is 1. The number of aryl methyl sites for hydroxylation is 1. The number of piperidine rings is 1.